The maximum absolute atomic E-state index is 12.0. The van der Waals surface area contributed by atoms with E-state index in [-0.39, 0.29) is 13.1 Å². The van der Waals surface area contributed by atoms with Crippen LogP contribution in [0.25, 0.3) is 0 Å². The van der Waals surface area contributed by atoms with Crippen LogP contribution in [0.3, 0.4) is 0 Å². The number of methoxy groups -OCH3 is 1. The van der Waals surface area contributed by atoms with Crippen molar-refractivity contribution < 1.29 is 17.9 Å². The molecule has 0 aromatic heterocycles. The molecule has 0 atom stereocenters. The van der Waals surface area contributed by atoms with Gasteiger partial charge in [0.15, 0.2) is 0 Å². The minimum atomic E-state index is -3.62. The third-order valence-electron chi connectivity index (χ3n) is 2.73. The van der Waals surface area contributed by atoms with Crippen LogP contribution in [0, 0.1) is 6.92 Å². The predicted molar refractivity (Wildman–Crippen MR) is 83.1 cm³/mol. The summed E-state index contributed by atoms with van der Waals surface area (Å²) in [4.78, 5) is 11.8. The molecule has 1 amide bonds. The molecular weight excluding hydrogens is 292 g/mol. The van der Waals surface area contributed by atoms with E-state index in [4.69, 9.17) is 4.74 Å². The molecule has 1 N–H and O–H groups in total. The number of benzene rings is 1. The molecule has 0 spiro atoms. The molecule has 6 nitrogen and oxygen atoms in total. The van der Waals surface area contributed by atoms with Gasteiger partial charge in [-0.3, -0.25) is 9.10 Å². The number of nitrogens with zero attached hydrogens (tertiary/aromatic N) is 1. The highest BCUT2D eigenvalue weighted by Gasteiger charge is 2.23. The average molecular weight is 312 g/mol. The number of rotatable bonds is 7. The van der Waals surface area contributed by atoms with Crippen LogP contribution < -0.4 is 14.4 Å². The summed E-state index contributed by atoms with van der Waals surface area (Å²) in [6.45, 7) is 5.29. The Hall–Kier alpha value is -2.02. The SMILES string of the molecule is C=CCNC(=O)CN(c1cc(C)ccc1OC)S(C)(=O)=O. The number of carbonyl (C=O) groups excluding carboxylic acids is 1. The number of nitrogens with one attached hydrogen (secondary N) is 1. The molecule has 116 valence electrons. The largest absolute Gasteiger partial charge is 0.495 e. The second-order valence-electron chi connectivity index (χ2n) is 4.54. The van der Waals surface area contributed by atoms with E-state index in [9.17, 15) is 13.2 Å². The minimum Gasteiger partial charge on any atom is -0.495 e. The molecule has 0 saturated carbocycles. The van der Waals surface area contributed by atoms with Crippen LogP contribution in [0.4, 0.5) is 5.69 Å². The molecule has 0 aliphatic carbocycles. The van der Waals surface area contributed by atoms with E-state index in [0.717, 1.165) is 16.1 Å². The van der Waals surface area contributed by atoms with Gasteiger partial charge in [0.05, 0.1) is 19.1 Å². The first kappa shape index (κ1) is 17.0. The highest BCUT2D eigenvalue weighted by atomic mass is 32.2. The van der Waals surface area contributed by atoms with Crippen molar-refractivity contribution in [3.63, 3.8) is 0 Å². The molecule has 0 aliphatic rings. The lowest BCUT2D eigenvalue weighted by atomic mass is 10.2. The van der Waals surface area contributed by atoms with Gasteiger partial charge in [0.1, 0.15) is 12.3 Å². The summed E-state index contributed by atoms with van der Waals surface area (Å²) >= 11 is 0. The number of hydrogen-bond donors (Lipinski definition) is 1. The molecular formula is C14H20N2O4S. The molecule has 0 bridgehead atoms. The van der Waals surface area contributed by atoms with E-state index < -0.39 is 15.9 Å². The van der Waals surface area contributed by atoms with Crippen molar-refractivity contribution >= 4 is 21.6 Å². The first-order valence-electron chi connectivity index (χ1n) is 6.29. The third-order valence-corrected chi connectivity index (χ3v) is 3.86. The lowest BCUT2D eigenvalue weighted by Crippen LogP contribution is -2.40. The standard InChI is InChI=1S/C14H20N2O4S/c1-5-8-15-14(17)10-16(21(4,18)19)12-9-11(2)6-7-13(12)20-3/h5-7,9H,1,8,10H2,2-4H3,(H,15,17). The monoisotopic (exact) mass is 312 g/mol. The number of aryl methyl sites for hydroxylation is 1. The van der Waals surface area contributed by atoms with E-state index in [2.05, 4.69) is 11.9 Å². The van der Waals surface area contributed by atoms with Crippen LogP contribution in [-0.2, 0) is 14.8 Å². The zero-order valence-electron chi connectivity index (χ0n) is 12.4. The molecule has 0 fully saturated rings. The fourth-order valence-electron chi connectivity index (χ4n) is 1.75. The summed E-state index contributed by atoms with van der Waals surface area (Å²) in [5.74, 6) is -0.0218. The van der Waals surface area contributed by atoms with E-state index >= 15 is 0 Å². The Balaban J connectivity index is 3.18. The number of carbonyl (C=O) groups is 1. The van der Waals surface area contributed by atoms with Gasteiger partial charge < -0.3 is 10.1 Å². The van der Waals surface area contributed by atoms with Crippen molar-refractivity contribution in [3.8, 4) is 5.75 Å². The number of ether oxygens (including phenoxy) is 1. The zero-order chi connectivity index (χ0) is 16.0. The predicted octanol–water partition coefficient (Wildman–Crippen LogP) is 1.07. The Morgan fingerprint density at radius 3 is 2.67 bits per heavy atom. The Kier molecular flexibility index (Phi) is 5.78. The molecule has 1 aromatic carbocycles. The topological polar surface area (TPSA) is 75.7 Å². The molecule has 21 heavy (non-hydrogen) atoms. The van der Waals surface area contributed by atoms with Gasteiger partial charge in [0, 0.05) is 6.54 Å². The number of anilines is 1. The van der Waals surface area contributed by atoms with E-state index in [1.54, 1.807) is 18.2 Å². The molecule has 0 radical (unpaired) electrons. The highest BCUT2D eigenvalue weighted by Crippen LogP contribution is 2.30. The van der Waals surface area contributed by atoms with Gasteiger partial charge >= 0.3 is 0 Å². The summed E-state index contributed by atoms with van der Waals surface area (Å²) in [6.07, 6.45) is 2.57. The molecule has 7 heteroatoms. The van der Waals surface area contributed by atoms with Crippen molar-refractivity contribution in [3.05, 3.63) is 36.4 Å². The smallest absolute Gasteiger partial charge is 0.241 e. The number of amides is 1. The van der Waals surface area contributed by atoms with Crippen LogP contribution in [0.15, 0.2) is 30.9 Å². The highest BCUT2D eigenvalue weighted by molar-refractivity contribution is 7.92. The van der Waals surface area contributed by atoms with Gasteiger partial charge in [0.25, 0.3) is 0 Å². The molecule has 0 unspecified atom stereocenters. The summed E-state index contributed by atoms with van der Waals surface area (Å²) in [5.41, 5.74) is 1.21. The lowest BCUT2D eigenvalue weighted by molar-refractivity contribution is -0.119. The normalized spacial score (nSPS) is 10.8. The van der Waals surface area contributed by atoms with Gasteiger partial charge in [-0.25, -0.2) is 8.42 Å². The van der Waals surface area contributed by atoms with Crippen LogP contribution in [-0.4, -0.2) is 40.8 Å². The fraction of sp³-hybridized carbons (Fsp3) is 0.357. The molecule has 0 aliphatic heterocycles. The van der Waals surface area contributed by atoms with Crippen molar-refractivity contribution in [1.82, 2.24) is 5.32 Å². The lowest BCUT2D eigenvalue weighted by Gasteiger charge is -2.24. The number of sulfonamides is 1. The van der Waals surface area contributed by atoms with E-state index in [1.165, 1.54) is 13.2 Å². The van der Waals surface area contributed by atoms with Gasteiger partial charge in [0.2, 0.25) is 15.9 Å². The Morgan fingerprint density at radius 1 is 1.48 bits per heavy atom. The summed E-state index contributed by atoms with van der Waals surface area (Å²) in [7, 11) is -2.17. The second-order valence-corrected chi connectivity index (χ2v) is 6.44. The number of hydrogen-bond acceptors (Lipinski definition) is 4. The van der Waals surface area contributed by atoms with Crippen LogP contribution >= 0.6 is 0 Å². The van der Waals surface area contributed by atoms with E-state index in [1.807, 2.05) is 6.92 Å². The van der Waals surface area contributed by atoms with Crippen molar-refractivity contribution in [2.24, 2.45) is 0 Å². The summed E-state index contributed by atoms with van der Waals surface area (Å²) < 4.78 is 30.2. The van der Waals surface area contributed by atoms with Crippen LogP contribution in [0.2, 0.25) is 0 Å². The summed E-state index contributed by atoms with van der Waals surface area (Å²) in [5, 5.41) is 2.55. The third kappa shape index (κ3) is 4.78. The van der Waals surface area contributed by atoms with Crippen molar-refractivity contribution in [2.75, 3.05) is 30.8 Å². The average Bonchev–Trinajstić information content (AvgIpc) is 2.41. The Morgan fingerprint density at radius 2 is 2.14 bits per heavy atom. The first-order chi connectivity index (χ1) is 9.79. The maximum Gasteiger partial charge on any atom is 0.241 e. The van der Waals surface area contributed by atoms with Gasteiger partial charge in [-0.2, -0.15) is 0 Å². The zero-order valence-corrected chi connectivity index (χ0v) is 13.2. The minimum absolute atomic E-state index is 0.279. The van der Waals surface area contributed by atoms with E-state index in [0.29, 0.717) is 11.4 Å². The van der Waals surface area contributed by atoms with Crippen molar-refractivity contribution in [1.29, 1.82) is 0 Å². The quantitative estimate of drug-likeness (QED) is 0.764. The Labute approximate surface area is 125 Å². The molecule has 1 rings (SSSR count). The van der Waals surface area contributed by atoms with Crippen LogP contribution in [0.5, 0.6) is 5.75 Å². The Bertz CT molecular complexity index is 626. The fourth-order valence-corrected chi connectivity index (χ4v) is 2.60. The summed E-state index contributed by atoms with van der Waals surface area (Å²) in [6, 6.07) is 5.14. The molecule has 0 saturated heterocycles. The van der Waals surface area contributed by atoms with Gasteiger partial charge in [-0.15, -0.1) is 6.58 Å². The van der Waals surface area contributed by atoms with Crippen LogP contribution in [0.1, 0.15) is 5.56 Å². The van der Waals surface area contributed by atoms with Crippen molar-refractivity contribution in [2.45, 2.75) is 6.92 Å². The second kappa shape index (κ2) is 7.12. The molecule has 1 aromatic rings. The molecule has 0 heterocycles. The van der Waals surface area contributed by atoms with Gasteiger partial charge in [-0.1, -0.05) is 12.1 Å². The first-order valence-corrected chi connectivity index (χ1v) is 8.14. The maximum atomic E-state index is 12.0. The van der Waals surface area contributed by atoms with Gasteiger partial charge in [-0.05, 0) is 24.6 Å².